The SMILES string of the molecule is CC(=O)NCCc1nc(-c2ccccc2)nc2[nH]c(COc3ccc(F)cc3)c(N)c12. The maximum absolute atomic E-state index is 13.1. The number of carbonyl (C=O) groups excluding carboxylic acids is 1. The van der Waals surface area contributed by atoms with E-state index in [1.807, 2.05) is 30.3 Å². The molecular weight excluding hydrogens is 397 g/mol. The predicted octanol–water partition coefficient (Wildman–Crippen LogP) is 3.60. The zero-order valence-electron chi connectivity index (χ0n) is 17.0. The third kappa shape index (κ3) is 4.63. The van der Waals surface area contributed by atoms with Gasteiger partial charge in [0.25, 0.3) is 0 Å². The van der Waals surface area contributed by atoms with Gasteiger partial charge in [-0.3, -0.25) is 4.79 Å². The molecule has 4 N–H and O–H groups in total. The van der Waals surface area contributed by atoms with Crippen molar-refractivity contribution in [3.8, 4) is 17.1 Å². The molecule has 4 aromatic rings. The van der Waals surface area contributed by atoms with Gasteiger partial charge in [-0.1, -0.05) is 30.3 Å². The summed E-state index contributed by atoms with van der Waals surface area (Å²) in [5.41, 5.74) is 9.77. The number of halogens is 1. The fourth-order valence-electron chi connectivity index (χ4n) is 3.30. The summed E-state index contributed by atoms with van der Waals surface area (Å²) < 4.78 is 18.8. The molecule has 2 aromatic carbocycles. The normalized spacial score (nSPS) is 10.9. The monoisotopic (exact) mass is 419 g/mol. The summed E-state index contributed by atoms with van der Waals surface area (Å²) in [6.45, 7) is 2.07. The van der Waals surface area contributed by atoms with Crippen molar-refractivity contribution >= 4 is 22.6 Å². The number of ether oxygens (including phenoxy) is 1. The molecule has 0 saturated heterocycles. The molecule has 7 nitrogen and oxygen atoms in total. The van der Waals surface area contributed by atoms with Crippen LogP contribution in [0.1, 0.15) is 18.3 Å². The lowest BCUT2D eigenvalue weighted by atomic mass is 10.1. The average molecular weight is 419 g/mol. The number of nitrogens with one attached hydrogen (secondary N) is 2. The molecule has 2 aromatic heterocycles. The van der Waals surface area contributed by atoms with Crippen molar-refractivity contribution in [2.75, 3.05) is 12.3 Å². The van der Waals surface area contributed by atoms with E-state index in [9.17, 15) is 9.18 Å². The molecule has 1 amide bonds. The number of carbonyl (C=O) groups is 1. The highest BCUT2D eigenvalue weighted by Gasteiger charge is 2.18. The Hall–Kier alpha value is -3.94. The number of hydrogen-bond acceptors (Lipinski definition) is 5. The van der Waals surface area contributed by atoms with E-state index in [2.05, 4.69) is 15.3 Å². The van der Waals surface area contributed by atoms with Gasteiger partial charge >= 0.3 is 0 Å². The van der Waals surface area contributed by atoms with E-state index in [1.165, 1.54) is 19.1 Å². The summed E-state index contributed by atoms with van der Waals surface area (Å²) in [6.07, 6.45) is 0.499. The predicted molar refractivity (Wildman–Crippen MR) is 117 cm³/mol. The Balaban J connectivity index is 1.69. The number of benzene rings is 2. The first-order valence-electron chi connectivity index (χ1n) is 9.86. The number of nitrogen functional groups attached to an aromatic ring is 1. The van der Waals surface area contributed by atoms with Crippen molar-refractivity contribution in [2.24, 2.45) is 0 Å². The standard InChI is InChI=1S/C23H22FN5O2/c1-14(30)26-12-11-18-20-21(25)19(13-31-17-9-7-16(24)8-10-17)28-23(20)29-22(27-18)15-5-3-2-4-6-15/h2-10H,11-13,25H2,1H3,(H,26,30)(H,27,28,29). The number of amides is 1. The van der Waals surface area contributed by atoms with Crippen molar-refractivity contribution in [1.82, 2.24) is 20.3 Å². The molecule has 0 radical (unpaired) electrons. The third-order valence-electron chi connectivity index (χ3n) is 4.81. The van der Waals surface area contributed by atoms with Gasteiger partial charge in [-0.25, -0.2) is 14.4 Å². The number of rotatable bonds is 7. The van der Waals surface area contributed by atoms with Gasteiger partial charge in [-0.2, -0.15) is 0 Å². The molecule has 0 saturated carbocycles. The molecule has 0 bridgehead atoms. The average Bonchev–Trinajstić information content (AvgIpc) is 3.09. The molecule has 0 atom stereocenters. The number of fused-ring (bicyclic) bond motifs is 1. The van der Waals surface area contributed by atoms with E-state index in [0.29, 0.717) is 47.0 Å². The summed E-state index contributed by atoms with van der Waals surface area (Å²) in [7, 11) is 0. The third-order valence-corrected chi connectivity index (χ3v) is 4.81. The second kappa shape index (κ2) is 8.83. The van der Waals surface area contributed by atoms with E-state index in [4.69, 9.17) is 15.5 Å². The first-order chi connectivity index (χ1) is 15.0. The van der Waals surface area contributed by atoms with Gasteiger partial charge in [0.1, 0.15) is 23.8 Å². The number of H-pyrrole nitrogens is 1. The topological polar surface area (TPSA) is 106 Å². The van der Waals surface area contributed by atoms with Crippen LogP contribution in [-0.2, 0) is 17.8 Å². The fraction of sp³-hybridized carbons (Fsp3) is 0.174. The lowest BCUT2D eigenvalue weighted by molar-refractivity contribution is -0.118. The van der Waals surface area contributed by atoms with Crippen LogP contribution in [0.5, 0.6) is 5.75 Å². The highest BCUT2D eigenvalue weighted by Crippen LogP contribution is 2.30. The van der Waals surface area contributed by atoms with Gasteiger partial charge < -0.3 is 20.8 Å². The Kier molecular flexibility index (Phi) is 5.79. The Morgan fingerprint density at radius 3 is 2.58 bits per heavy atom. The van der Waals surface area contributed by atoms with Gasteiger partial charge in [0.05, 0.1) is 22.5 Å². The van der Waals surface area contributed by atoms with Crippen molar-refractivity contribution in [3.63, 3.8) is 0 Å². The lowest BCUT2D eigenvalue weighted by Crippen LogP contribution is -2.22. The largest absolute Gasteiger partial charge is 0.487 e. The molecule has 0 fully saturated rings. The minimum Gasteiger partial charge on any atom is -0.487 e. The van der Waals surface area contributed by atoms with Crippen LogP contribution in [0, 0.1) is 5.82 Å². The van der Waals surface area contributed by atoms with Crippen LogP contribution in [0.25, 0.3) is 22.4 Å². The second-order valence-corrected chi connectivity index (χ2v) is 7.08. The van der Waals surface area contributed by atoms with Crippen LogP contribution in [0.3, 0.4) is 0 Å². The van der Waals surface area contributed by atoms with E-state index < -0.39 is 0 Å². The van der Waals surface area contributed by atoms with E-state index in [1.54, 1.807) is 12.1 Å². The number of hydrogen-bond donors (Lipinski definition) is 3. The second-order valence-electron chi connectivity index (χ2n) is 7.08. The number of anilines is 1. The minimum absolute atomic E-state index is 0.107. The summed E-state index contributed by atoms with van der Waals surface area (Å²) >= 11 is 0. The van der Waals surface area contributed by atoms with E-state index >= 15 is 0 Å². The van der Waals surface area contributed by atoms with Crippen molar-refractivity contribution in [2.45, 2.75) is 20.0 Å². The summed E-state index contributed by atoms with van der Waals surface area (Å²) in [5, 5.41) is 3.50. The molecule has 0 unspecified atom stereocenters. The van der Waals surface area contributed by atoms with E-state index in [0.717, 1.165) is 11.3 Å². The molecule has 8 heteroatoms. The van der Waals surface area contributed by atoms with E-state index in [-0.39, 0.29) is 18.3 Å². The van der Waals surface area contributed by atoms with Gasteiger partial charge in [0, 0.05) is 25.5 Å². The van der Waals surface area contributed by atoms with Crippen LogP contribution in [0.15, 0.2) is 54.6 Å². The summed E-state index contributed by atoms with van der Waals surface area (Å²) in [5.74, 6) is 0.661. The zero-order chi connectivity index (χ0) is 21.8. The highest BCUT2D eigenvalue weighted by molar-refractivity contribution is 5.93. The molecule has 0 aliphatic rings. The quantitative estimate of drug-likeness (QED) is 0.424. The molecule has 2 heterocycles. The lowest BCUT2D eigenvalue weighted by Gasteiger charge is -2.08. The Labute approximate surface area is 178 Å². The molecule has 31 heavy (non-hydrogen) atoms. The van der Waals surface area contributed by atoms with Gasteiger partial charge in [0.15, 0.2) is 5.82 Å². The minimum atomic E-state index is -0.329. The van der Waals surface area contributed by atoms with Crippen LogP contribution in [0.4, 0.5) is 10.1 Å². The zero-order valence-corrected chi connectivity index (χ0v) is 17.0. The maximum Gasteiger partial charge on any atom is 0.216 e. The van der Waals surface area contributed by atoms with Gasteiger partial charge in [0.2, 0.25) is 5.91 Å². The number of aromatic amines is 1. The van der Waals surface area contributed by atoms with Crippen LogP contribution in [0.2, 0.25) is 0 Å². The maximum atomic E-state index is 13.1. The molecule has 0 aliphatic carbocycles. The van der Waals surface area contributed by atoms with Crippen LogP contribution >= 0.6 is 0 Å². The first kappa shape index (κ1) is 20.3. The van der Waals surface area contributed by atoms with Gasteiger partial charge in [-0.15, -0.1) is 0 Å². The molecule has 0 aliphatic heterocycles. The summed E-state index contributed by atoms with van der Waals surface area (Å²) in [6, 6.07) is 15.4. The van der Waals surface area contributed by atoms with Crippen LogP contribution in [-0.4, -0.2) is 27.4 Å². The fourth-order valence-corrected chi connectivity index (χ4v) is 3.30. The highest BCUT2D eigenvalue weighted by atomic mass is 19.1. The number of nitrogens with two attached hydrogens (primary N) is 1. The molecular formula is C23H22FN5O2. The number of aromatic nitrogens is 3. The first-order valence-corrected chi connectivity index (χ1v) is 9.86. The number of nitrogens with zero attached hydrogens (tertiary/aromatic N) is 2. The smallest absolute Gasteiger partial charge is 0.216 e. The van der Waals surface area contributed by atoms with Crippen molar-refractivity contribution < 1.29 is 13.9 Å². The van der Waals surface area contributed by atoms with Gasteiger partial charge in [-0.05, 0) is 24.3 Å². The molecule has 158 valence electrons. The molecule has 0 spiro atoms. The van der Waals surface area contributed by atoms with Crippen LogP contribution < -0.4 is 15.8 Å². The summed E-state index contributed by atoms with van der Waals surface area (Å²) in [4.78, 5) is 23.9. The Morgan fingerprint density at radius 2 is 1.87 bits per heavy atom. The Bertz CT molecular complexity index is 1210. The van der Waals surface area contributed by atoms with Crippen molar-refractivity contribution in [3.05, 3.63) is 71.8 Å². The molecule has 4 rings (SSSR count). The Morgan fingerprint density at radius 1 is 1.13 bits per heavy atom. The van der Waals surface area contributed by atoms with Crippen molar-refractivity contribution in [1.29, 1.82) is 0 Å².